The molecule has 0 saturated heterocycles. The largest absolute Gasteiger partial charge is 0.298 e. The summed E-state index contributed by atoms with van der Waals surface area (Å²) < 4.78 is 2.03. The van der Waals surface area contributed by atoms with E-state index in [0.29, 0.717) is 11.7 Å². The second kappa shape index (κ2) is 5.89. The van der Waals surface area contributed by atoms with Crippen molar-refractivity contribution in [2.24, 2.45) is 0 Å². The average molecular weight is 317 g/mol. The van der Waals surface area contributed by atoms with Crippen LogP contribution in [0.1, 0.15) is 5.56 Å². The van der Waals surface area contributed by atoms with Crippen molar-refractivity contribution in [2.75, 3.05) is 0 Å². The smallest absolute Gasteiger partial charge is 0.188 e. The molecule has 0 radical (unpaired) electrons. The topological polar surface area (TPSA) is 30.7 Å². The summed E-state index contributed by atoms with van der Waals surface area (Å²) in [5.41, 5.74) is 2.25. The number of thiol groups is 1. The Hall–Kier alpha value is -2.59. The minimum Gasteiger partial charge on any atom is -0.298 e. The van der Waals surface area contributed by atoms with Crippen LogP contribution in [0.4, 0.5) is 0 Å². The molecule has 0 aliphatic heterocycles. The summed E-state index contributed by atoms with van der Waals surface area (Å²) in [6, 6.07) is 24.9. The molecule has 4 heteroatoms. The highest BCUT2D eigenvalue weighted by Crippen LogP contribution is 2.22. The van der Waals surface area contributed by atoms with Crippen LogP contribution in [-0.2, 0) is 6.54 Å². The highest BCUT2D eigenvalue weighted by molar-refractivity contribution is 7.80. The van der Waals surface area contributed by atoms with E-state index >= 15 is 0 Å². The van der Waals surface area contributed by atoms with Gasteiger partial charge in [-0.25, -0.2) is 0 Å². The van der Waals surface area contributed by atoms with Crippen molar-refractivity contribution in [3.63, 3.8) is 0 Å². The summed E-state index contributed by atoms with van der Waals surface area (Å²) in [5.74, 6) is 0.837. The number of aromatic nitrogens is 3. The zero-order chi connectivity index (χ0) is 15.6. The first-order valence-electron chi connectivity index (χ1n) is 7.46. The summed E-state index contributed by atoms with van der Waals surface area (Å²) >= 11 is 4.46. The fourth-order valence-corrected chi connectivity index (χ4v) is 2.97. The van der Waals surface area contributed by atoms with Crippen LogP contribution in [0.3, 0.4) is 0 Å². The Morgan fingerprint density at radius 1 is 0.783 bits per heavy atom. The lowest BCUT2D eigenvalue weighted by molar-refractivity contribution is 0.718. The molecule has 0 unspecified atom stereocenters. The Balaban J connectivity index is 1.75. The van der Waals surface area contributed by atoms with E-state index in [1.54, 1.807) is 0 Å². The van der Waals surface area contributed by atoms with E-state index in [9.17, 15) is 0 Å². The Morgan fingerprint density at radius 3 is 2.35 bits per heavy atom. The molecule has 3 nitrogen and oxygen atoms in total. The van der Waals surface area contributed by atoms with Crippen molar-refractivity contribution >= 4 is 23.4 Å². The Bertz CT molecular complexity index is 961. The van der Waals surface area contributed by atoms with Crippen LogP contribution in [0.15, 0.2) is 78.0 Å². The van der Waals surface area contributed by atoms with Crippen molar-refractivity contribution in [3.8, 4) is 11.4 Å². The number of nitrogens with zero attached hydrogens (tertiary/aromatic N) is 3. The maximum absolute atomic E-state index is 4.46. The number of fused-ring (bicyclic) bond motifs is 1. The van der Waals surface area contributed by atoms with Crippen molar-refractivity contribution in [3.05, 3.63) is 78.4 Å². The van der Waals surface area contributed by atoms with Crippen LogP contribution in [-0.4, -0.2) is 14.8 Å². The summed E-state index contributed by atoms with van der Waals surface area (Å²) in [7, 11) is 0. The first-order chi connectivity index (χ1) is 11.3. The van der Waals surface area contributed by atoms with Gasteiger partial charge in [-0.15, -0.1) is 22.8 Å². The molecule has 1 heterocycles. The van der Waals surface area contributed by atoms with Crippen LogP contribution < -0.4 is 0 Å². The lowest BCUT2D eigenvalue weighted by Gasteiger charge is -2.09. The molecule has 1 aromatic heterocycles. The van der Waals surface area contributed by atoms with Crippen molar-refractivity contribution in [1.82, 2.24) is 14.8 Å². The SMILES string of the molecule is Sc1nnc(-c2ccccc2)n1Cc1ccc2ccccc2c1. The fourth-order valence-electron chi connectivity index (χ4n) is 2.76. The van der Waals surface area contributed by atoms with E-state index in [1.807, 2.05) is 34.9 Å². The van der Waals surface area contributed by atoms with Crippen LogP contribution in [0.25, 0.3) is 22.2 Å². The van der Waals surface area contributed by atoms with E-state index in [0.717, 1.165) is 11.4 Å². The van der Waals surface area contributed by atoms with Crippen LogP contribution in [0.5, 0.6) is 0 Å². The molecule has 0 aliphatic carbocycles. The standard InChI is InChI=1S/C19H15N3S/c23-19-21-20-18(16-7-2-1-3-8-16)22(19)13-14-10-11-15-6-4-5-9-17(15)12-14/h1-12H,13H2,(H,21,23). The van der Waals surface area contributed by atoms with Gasteiger partial charge in [-0.05, 0) is 22.4 Å². The van der Waals surface area contributed by atoms with E-state index in [1.165, 1.54) is 16.3 Å². The van der Waals surface area contributed by atoms with E-state index in [4.69, 9.17) is 0 Å². The third kappa shape index (κ3) is 2.73. The van der Waals surface area contributed by atoms with Gasteiger partial charge in [-0.3, -0.25) is 4.57 Å². The van der Waals surface area contributed by atoms with Crippen molar-refractivity contribution < 1.29 is 0 Å². The average Bonchev–Trinajstić information content (AvgIpc) is 2.96. The predicted octanol–water partition coefficient (Wildman–Crippen LogP) is 4.44. The normalized spacial score (nSPS) is 11.0. The van der Waals surface area contributed by atoms with E-state index in [2.05, 4.69) is 65.3 Å². The Labute approximate surface area is 140 Å². The molecule has 23 heavy (non-hydrogen) atoms. The molecule has 0 saturated carbocycles. The van der Waals surface area contributed by atoms with Gasteiger partial charge in [-0.1, -0.05) is 66.7 Å². The Morgan fingerprint density at radius 2 is 1.52 bits per heavy atom. The molecule has 0 atom stereocenters. The third-order valence-electron chi connectivity index (χ3n) is 3.92. The van der Waals surface area contributed by atoms with Gasteiger partial charge in [0, 0.05) is 5.56 Å². The minimum absolute atomic E-state index is 0.622. The molecule has 0 aliphatic rings. The first-order valence-corrected chi connectivity index (χ1v) is 7.91. The second-order valence-electron chi connectivity index (χ2n) is 5.46. The van der Waals surface area contributed by atoms with Gasteiger partial charge in [0.25, 0.3) is 0 Å². The monoisotopic (exact) mass is 317 g/mol. The lowest BCUT2D eigenvalue weighted by atomic mass is 10.1. The number of hydrogen-bond donors (Lipinski definition) is 1. The molecule has 112 valence electrons. The van der Waals surface area contributed by atoms with E-state index in [-0.39, 0.29) is 0 Å². The minimum atomic E-state index is 0.622. The first kappa shape index (κ1) is 14.0. The summed E-state index contributed by atoms with van der Waals surface area (Å²) in [6.07, 6.45) is 0. The van der Waals surface area contributed by atoms with Gasteiger partial charge in [0.05, 0.1) is 6.54 Å². The van der Waals surface area contributed by atoms with Gasteiger partial charge in [0.2, 0.25) is 0 Å². The predicted molar refractivity (Wildman–Crippen MR) is 95.8 cm³/mol. The van der Waals surface area contributed by atoms with Crippen LogP contribution in [0.2, 0.25) is 0 Å². The van der Waals surface area contributed by atoms with E-state index < -0.39 is 0 Å². The van der Waals surface area contributed by atoms with Gasteiger partial charge in [-0.2, -0.15) is 0 Å². The molecule has 3 aromatic carbocycles. The molecule has 4 aromatic rings. The number of benzene rings is 3. The van der Waals surface area contributed by atoms with Gasteiger partial charge < -0.3 is 0 Å². The zero-order valence-corrected chi connectivity index (χ0v) is 13.3. The molecule has 0 bridgehead atoms. The highest BCUT2D eigenvalue weighted by Gasteiger charge is 2.11. The van der Waals surface area contributed by atoms with Crippen LogP contribution >= 0.6 is 12.6 Å². The highest BCUT2D eigenvalue weighted by atomic mass is 32.1. The van der Waals surface area contributed by atoms with Gasteiger partial charge in [0.1, 0.15) is 0 Å². The molecular weight excluding hydrogens is 302 g/mol. The zero-order valence-electron chi connectivity index (χ0n) is 12.4. The van der Waals surface area contributed by atoms with Gasteiger partial charge >= 0.3 is 0 Å². The molecular formula is C19H15N3S. The second-order valence-corrected chi connectivity index (χ2v) is 5.86. The number of rotatable bonds is 3. The molecule has 0 N–H and O–H groups in total. The number of hydrogen-bond acceptors (Lipinski definition) is 3. The maximum Gasteiger partial charge on any atom is 0.188 e. The maximum atomic E-state index is 4.46. The fraction of sp³-hybridized carbons (Fsp3) is 0.0526. The molecule has 0 fully saturated rings. The van der Waals surface area contributed by atoms with Gasteiger partial charge in [0.15, 0.2) is 11.0 Å². The van der Waals surface area contributed by atoms with Crippen molar-refractivity contribution in [1.29, 1.82) is 0 Å². The molecule has 4 rings (SSSR count). The molecule has 0 spiro atoms. The Kier molecular flexibility index (Phi) is 3.60. The summed E-state index contributed by atoms with van der Waals surface area (Å²) in [4.78, 5) is 0. The summed E-state index contributed by atoms with van der Waals surface area (Å²) in [5, 5.41) is 11.5. The quantitative estimate of drug-likeness (QED) is 0.566. The third-order valence-corrected chi connectivity index (χ3v) is 4.25. The van der Waals surface area contributed by atoms with Crippen LogP contribution in [0, 0.1) is 0 Å². The summed E-state index contributed by atoms with van der Waals surface area (Å²) in [6.45, 7) is 0.695. The van der Waals surface area contributed by atoms with Crippen molar-refractivity contribution in [2.45, 2.75) is 11.7 Å². The molecule has 0 amide bonds. The lowest BCUT2D eigenvalue weighted by Crippen LogP contribution is -2.03.